The molecule has 0 saturated heterocycles. The van der Waals surface area contributed by atoms with Crippen LogP contribution in [0.25, 0.3) is 12.2 Å². The van der Waals surface area contributed by atoms with Crippen LogP contribution >= 0.6 is 11.3 Å². The highest BCUT2D eigenvalue weighted by molar-refractivity contribution is 7.91. The van der Waals surface area contributed by atoms with Crippen LogP contribution in [0.1, 0.15) is 10.8 Å². The van der Waals surface area contributed by atoms with Gasteiger partial charge in [0.2, 0.25) is 26.6 Å². The Balaban J connectivity index is 2.04. The van der Waals surface area contributed by atoms with Crippen LogP contribution < -0.4 is 4.90 Å². The number of rotatable bonds is 5. The first-order valence-electron chi connectivity index (χ1n) is 7.18. The van der Waals surface area contributed by atoms with Crippen molar-refractivity contribution in [2.24, 2.45) is 0 Å². The second-order valence-electron chi connectivity index (χ2n) is 5.22. The number of benzene rings is 1. The zero-order valence-electron chi connectivity index (χ0n) is 13.2. The van der Waals surface area contributed by atoms with Gasteiger partial charge in [-0.25, -0.2) is 8.42 Å². The van der Waals surface area contributed by atoms with Crippen LogP contribution in [0.2, 0.25) is 0 Å². The summed E-state index contributed by atoms with van der Waals surface area (Å²) in [6.07, 6.45) is 3.51. The number of hydrogen-bond donors (Lipinski definition) is 0. The van der Waals surface area contributed by atoms with E-state index in [2.05, 4.69) is 4.98 Å². The van der Waals surface area contributed by atoms with E-state index in [-0.39, 0.29) is 21.7 Å². The second-order valence-corrected chi connectivity index (χ2v) is 8.07. The molecule has 3 rings (SSSR count). The number of oxazole rings is 1. The molecular weight excluding hydrogens is 344 g/mol. The molecule has 0 saturated carbocycles. The Labute approximate surface area is 144 Å². The lowest BCUT2D eigenvalue weighted by Gasteiger charge is -2.09. The lowest BCUT2D eigenvalue weighted by atomic mass is 10.4. The molecule has 0 amide bonds. The molecule has 1 aromatic carbocycles. The number of thiophene rings is 1. The minimum absolute atomic E-state index is 0.0791. The van der Waals surface area contributed by atoms with E-state index in [0.29, 0.717) is 0 Å². The van der Waals surface area contributed by atoms with Crippen LogP contribution in [0, 0.1) is 0 Å². The van der Waals surface area contributed by atoms with Gasteiger partial charge in [0, 0.05) is 25.0 Å². The van der Waals surface area contributed by atoms with E-state index in [4.69, 9.17) is 4.42 Å². The highest BCUT2D eigenvalue weighted by Crippen LogP contribution is 2.30. The largest absolute Gasteiger partial charge is 0.420 e. The third kappa shape index (κ3) is 3.27. The highest BCUT2D eigenvalue weighted by atomic mass is 32.2. The Morgan fingerprint density at radius 2 is 1.83 bits per heavy atom. The van der Waals surface area contributed by atoms with E-state index in [1.807, 2.05) is 23.6 Å². The molecular formula is C17H16N2O3S2. The smallest absolute Gasteiger partial charge is 0.235 e. The van der Waals surface area contributed by atoms with E-state index in [1.54, 1.807) is 66.7 Å². The Morgan fingerprint density at radius 3 is 2.46 bits per heavy atom. The molecule has 7 heteroatoms. The van der Waals surface area contributed by atoms with Gasteiger partial charge in [-0.3, -0.25) is 0 Å². The maximum absolute atomic E-state index is 12.8. The maximum Gasteiger partial charge on any atom is 0.235 e. The van der Waals surface area contributed by atoms with Crippen molar-refractivity contribution in [3.63, 3.8) is 0 Å². The Morgan fingerprint density at radius 1 is 1.08 bits per heavy atom. The van der Waals surface area contributed by atoms with Gasteiger partial charge in [0.1, 0.15) is 0 Å². The predicted molar refractivity (Wildman–Crippen MR) is 96.0 cm³/mol. The zero-order chi connectivity index (χ0) is 17.2. The minimum atomic E-state index is -3.74. The summed E-state index contributed by atoms with van der Waals surface area (Å²) in [6.45, 7) is 0. The molecule has 3 aromatic rings. The van der Waals surface area contributed by atoms with Crippen LogP contribution in [0.5, 0.6) is 0 Å². The molecule has 0 atom stereocenters. The van der Waals surface area contributed by atoms with Gasteiger partial charge in [0.05, 0.1) is 4.90 Å². The monoisotopic (exact) mass is 360 g/mol. The average Bonchev–Trinajstić information content (AvgIpc) is 3.23. The average molecular weight is 360 g/mol. The molecule has 5 nitrogen and oxygen atoms in total. The summed E-state index contributed by atoms with van der Waals surface area (Å²) < 4.78 is 31.3. The van der Waals surface area contributed by atoms with Gasteiger partial charge < -0.3 is 9.32 Å². The van der Waals surface area contributed by atoms with Crippen molar-refractivity contribution in [2.45, 2.75) is 9.92 Å². The van der Waals surface area contributed by atoms with Crippen LogP contribution in [0.15, 0.2) is 62.2 Å². The third-order valence-electron chi connectivity index (χ3n) is 3.24. The fraction of sp³-hybridized carbons (Fsp3) is 0.118. The molecule has 0 aliphatic heterocycles. The van der Waals surface area contributed by atoms with Crippen molar-refractivity contribution in [1.29, 1.82) is 0 Å². The Hall–Kier alpha value is -2.38. The fourth-order valence-corrected chi connectivity index (χ4v) is 4.11. The van der Waals surface area contributed by atoms with Crippen molar-refractivity contribution < 1.29 is 12.8 Å². The first-order valence-corrected chi connectivity index (χ1v) is 9.54. The maximum atomic E-state index is 12.8. The number of nitrogens with zero attached hydrogens (tertiary/aromatic N) is 2. The highest BCUT2D eigenvalue weighted by Gasteiger charge is 2.28. The molecule has 2 aromatic heterocycles. The molecule has 0 radical (unpaired) electrons. The van der Waals surface area contributed by atoms with Gasteiger partial charge in [-0.15, -0.1) is 11.3 Å². The first-order chi connectivity index (χ1) is 11.5. The summed E-state index contributed by atoms with van der Waals surface area (Å²) in [5, 5.41) is 1.88. The van der Waals surface area contributed by atoms with Gasteiger partial charge in [0.25, 0.3) is 0 Å². The number of sulfone groups is 1. The fourth-order valence-electron chi connectivity index (χ4n) is 2.09. The molecule has 24 heavy (non-hydrogen) atoms. The quantitative estimate of drug-likeness (QED) is 0.692. The minimum Gasteiger partial charge on any atom is -0.420 e. The molecule has 0 unspecified atom stereocenters. The molecule has 0 bridgehead atoms. The van der Waals surface area contributed by atoms with E-state index in [0.717, 1.165) is 4.88 Å². The van der Waals surface area contributed by atoms with E-state index in [1.165, 1.54) is 0 Å². The number of anilines is 1. The molecule has 0 spiro atoms. The molecule has 124 valence electrons. The zero-order valence-corrected chi connectivity index (χ0v) is 14.8. The SMILES string of the molecule is CN(C)c1oc(/C=C/c2cccs2)nc1S(=O)(=O)c1ccccc1. The molecule has 0 aliphatic rings. The topological polar surface area (TPSA) is 63.4 Å². The van der Waals surface area contributed by atoms with Gasteiger partial charge in [0.15, 0.2) is 0 Å². The van der Waals surface area contributed by atoms with Crippen LogP contribution in [0.3, 0.4) is 0 Å². The molecule has 2 heterocycles. The summed E-state index contributed by atoms with van der Waals surface area (Å²) in [7, 11) is -0.305. The summed E-state index contributed by atoms with van der Waals surface area (Å²) in [5.41, 5.74) is 0. The normalized spacial score (nSPS) is 11.9. The Bertz CT molecular complexity index is 941. The van der Waals surface area contributed by atoms with Crippen molar-refractivity contribution in [3.05, 3.63) is 58.6 Å². The number of aromatic nitrogens is 1. The van der Waals surface area contributed by atoms with Crippen molar-refractivity contribution in [2.75, 3.05) is 19.0 Å². The van der Waals surface area contributed by atoms with E-state index >= 15 is 0 Å². The van der Waals surface area contributed by atoms with Gasteiger partial charge >= 0.3 is 0 Å². The van der Waals surface area contributed by atoms with Crippen LogP contribution in [0.4, 0.5) is 5.88 Å². The summed E-state index contributed by atoms with van der Waals surface area (Å²) >= 11 is 1.58. The number of hydrogen-bond acceptors (Lipinski definition) is 6. The van der Waals surface area contributed by atoms with Gasteiger partial charge in [-0.2, -0.15) is 4.98 Å². The predicted octanol–water partition coefficient (Wildman–Crippen LogP) is 3.81. The first kappa shape index (κ1) is 16.5. The van der Waals surface area contributed by atoms with Gasteiger partial charge in [-0.1, -0.05) is 24.3 Å². The van der Waals surface area contributed by atoms with Crippen molar-refractivity contribution in [3.8, 4) is 0 Å². The summed E-state index contributed by atoms with van der Waals surface area (Å²) in [6, 6.07) is 12.1. The lowest BCUT2D eigenvalue weighted by molar-refractivity contribution is 0.542. The van der Waals surface area contributed by atoms with Crippen LogP contribution in [-0.4, -0.2) is 27.5 Å². The second kappa shape index (κ2) is 6.62. The third-order valence-corrected chi connectivity index (χ3v) is 5.75. The summed E-state index contributed by atoms with van der Waals surface area (Å²) in [4.78, 5) is 7.03. The molecule has 0 fully saturated rings. The Kier molecular flexibility index (Phi) is 4.55. The van der Waals surface area contributed by atoms with Crippen molar-refractivity contribution in [1.82, 2.24) is 4.98 Å². The van der Waals surface area contributed by atoms with Gasteiger partial charge in [-0.05, 0) is 29.7 Å². The van der Waals surface area contributed by atoms with E-state index in [9.17, 15) is 8.42 Å². The molecule has 0 aliphatic carbocycles. The lowest BCUT2D eigenvalue weighted by Crippen LogP contribution is -2.13. The van der Waals surface area contributed by atoms with Crippen LogP contribution in [-0.2, 0) is 9.84 Å². The van der Waals surface area contributed by atoms with E-state index < -0.39 is 9.84 Å². The summed E-state index contributed by atoms with van der Waals surface area (Å²) in [5.74, 6) is 0.464. The standard InChI is InChI=1S/C17H16N2O3S2/c1-19(2)17-16(24(20,21)14-8-4-3-5-9-14)18-15(22-17)11-10-13-7-6-12-23-13/h3-12H,1-2H3/b11-10+. The van der Waals surface area contributed by atoms with Crippen molar-refractivity contribution >= 4 is 39.2 Å². The molecule has 0 N–H and O–H groups in total.